The van der Waals surface area contributed by atoms with Gasteiger partial charge in [-0.05, 0) is 68.5 Å². The maximum Gasteiger partial charge on any atom is 0.308 e. The number of carbonyl (C=O) groups excluding carboxylic acids is 1. The van der Waals surface area contributed by atoms with Crippen molar-refractivity contribution in [2.75, 3.05) is 20.1 Å². The highest BCUT2D eigenvalue weighted by Gasteiger charge is 2.50. The van der Waals surface area contributed by atoms with Crippen LogP contribution in [0.25, 0.3) is 16.6 Å². The second kappa shape index (κ2) is 11.0. The molecule has 0 spiro atoms. The number of aryl methyl sites for hydroxylation is 1. The van der Waals surface area contributed by atoms with Crippen molar-refractivity contribution < 1.29 is 9.53 Å². The van der Waals surface area contributed by atoms with Crippen molar-refractivity contribution in [2.24, 2.45) is 17.8 Å². The minimum Gasteiger partial charge on any atom is -0.458 e. The molecule has 1 fully saturated rings. The number of nitrogens with zero attached hydrogens (tertiary/aromatic N) is 2. The maximum atomic E-state index is 12.8. The fraction of sp³-hybridized carbons (Fsp3) is 0.484. The molecule has 196 valence electrons. The van der Waals surface area contributed by atoms with E-state index in [0.717, 1.165) is 62.1 Å². The Morgan fingerprint density at radius 3 is 2.68 bits per heavy atom. The number of carbonyl (C=O) groups is 1. The first-order valence-corrected chi connectivity index (χ1v) is 14.0. The Bertz CT molecular complexity index is 1270. The van der Waals surface area contributed by atoms with Crippen molar-refractivity contribution >= 4 is 34.2 Å². The van der Waals surface area contributed by atoms with Crippen LogP contribution in [-0.4, -0.2) is 46.6 Å². The first kappa shape index (κ1) is 26.0. The number of aromatic nitrogens is 2. The molecule has 1 saturated carbocycles. The number of fused-ring (bicyclic) bond motifs is 3. The highest BCUT2D eigenvalue weighted by molar-refractivity contribution is 6.34. The smallest absolute Gasteiger partial charge is 0.308 e. The minimum atomic E-state index is -0.410. The number of esters is 1. The van der Waals surface area contributed by atoms with Crippen molar-refractivity contribution in [3.63, 3.8) is 0 Å². The van der Waals surface area contributed by atoms with E-state index in [-0.39, 0.29) is 17.8 Å². The highest BCUT2D eigenvalue weighted by atomic mass is 35.5. The number of hydrogen-bond donors (Lipinski definition) is 1. The Kier molecular flexibility index (Phi) is 7.73. The summed E-state index contributed by atoms with van der Waals surface area (Å²) >= 11 is 6.28. The number of halogens is 1. The molecular weight excluding hydrogens is 482 g/mol. The SMILES string of the molecule is CC(C)C(=O)OC1(CCN(C)CCCc2nc3c(Cl)cccc3[nH]2)CC2CCC1C=C2c1ccccc1. The van der Waals surface area contributed by atoms with Gasteiger partial charge in [-0.1, -0.05) is 67.9 Å². The van der Waals surface area contributed by atoms with Crippen LogP contribution in [0.5, 0.6) is 0 Å². The van der Waals surface area contributed by atoms with Gasteiger partial charge in [0.15, 0.2) is 0 Å². The van der Waals surface area contributed by atoms with Crippen molar-refractivity contribution in [3.8, 4) is 0 Å². The number of rotatable bonds is 10. The number of benzene rings is 2. The second-order valence-corrected chi connectivity index (χ2v) is 11.6. The van der Waals surface area contributed by atoms with E-state index < -0.39 is 5.60 Å². The Morgan fingerprint density at radius 1 is 1.16 bits per heavy atom. The molecule has 1 aromatic heterocycles. The normalized spacial score (nSPS) is 23.1. The summed E-state index contributed by atoms with van der Waals surface area (Å²) < 4.78 is 6.39. The summed E-state index contributed by atoms with van der Waals surface area (Å²) in [6, 6.07) is 16.5. The molecule has 0 aliphatic heterocycles. The van der Waals surface area contributed by atoms with E-state index in [1.807, 2.05) is 32.0 Å². The average Bonchev–Trinajstić information content (AvgIpc) is 3.33. The molecule has 37 heavy (non-hydrogen) atoms. The molecule has 3 aliphatic carbocycles. The van der Waals surface area contributed by atoms with Gasteiger partial charge in [0.05, 0.1) is 16.5 Å². The zero-order valence-electron chi connectivity index (χ0n) is 22.2. The third kappa shape index (κ3) is 5.63. The standard InChI is InChI=1S/C31H38ClN3O2/c1-21(2)30(36)37-31(20-23-14-15-24(31)19-25(23)22-9-5-4-6-10-22)16-18-35(3)17-8-13-28-33-27-12-7-11-26(32)29(27)34-28/h4-7,9-12,19,21,23-24H,8,13-18,20H2,1-3H3,(H,33,34). The Balaban J connectivity index is 1.23. The molecule has 3 aliphatic rings. The van der Waals surface area contributed by atoms with Crippen LogP contribution in [0.1, 0.15) is 57.3 Å². The molecule has 3 aromatic rings. The molecular formula is C31H38ClN3O2. The largest absolute Gasteiger partial charge is 0.458 e. The van der Waals surface area contributed by atoms with Crippen LogP contribution in [0.3, 0.4) is 0 Å². The molecule has 2 aromatic carbocycles. The van der Waals surface area contributed by atoms with Gasteiger partial charge in [0, 0.05) is 25.3 Å². The van der Waals surface area contributed by atoms with Gasteiger partial charge in [0.2, 0.25) is 0 Å². The van der Waals surface area contributed by atoms with E-state index in [0.29, 0.717) is 10.9 Å². The van der Waals surface area contributed by atoms with Crippen molar-refractivity contribution in [2.45, 2.75) is 58.0 Å². The van der Waals surface area contributed by atoms with Crippen LogP contribution in [0, 0.1) is 17.8 Å². The van der Waals surface area contributed by atoms with Gasteiger partial charge in [-0.3, -0.25) is 4.79 Å². The summed E-state index contributed by atoms with van der Waals surface area (Å²) in [7, 11) is 2.17. The lowest BCUT2D eigenvalue weighted by atomic mass is 9.60. The van der Waals surface area contributed by atoms with Gasteiger partial charge >= 0.3 is 5.97 Å². The topological polar surface area (TPSA) is 58.2 Å². The first-order chi connectivity index (χ1) is 17.8. The lowest BCUT2D eigenvalue weighted by Crippen LogP contribution is -2.51. The maximum absolute atomic E-state index is 12.8. The monoisotopic (exact) mass is 519 g/mol. The van der Waals surface area contributed by atoms with Crippen molar-refractivity contribution in [1.82, 2.24) is 14.9 Å². The van der Waals surface area contributed by atoms with Crippen molar-refractivity contribution in [3.05, 3.63) is 71.0 Å². The number of allylic oxidation sites excluding steroid dienone is 1. The zero-order chi connectivity index (χ0) is 26.0. The summed E-state index contributed by atoms with van der Waals surface area (Å²) in [6.07, 6.45) is 8.33. The number of hydrogen-bond acceptors (Lipinski definition) is 4. The molecule has 6 rings (SSSR count). The number of nitrogens with one attached hydrogen (secondary N) is 1. The summed E-state index contributed by atoms with van der Waals surface area (Å²) in [5.41, 5.74) is 4.17. The van der Waals surface area contributed by atoms with Crippen LogP contribution in [0.15, 0.2) is 54.6 Å². The van der Waals surface area contributed by atoms with E-state index in [9.17, 15) is 4.79 Å². The quantitative estimate of drug-likeness (QED) is 0.295. The van der Waals surface area contributed by atoms with E-state index in [4.69, 9.17) is 16.3 Å². The summed E-state index contributed by atoms with van der Waals surface area (Å²) in [4.78, 5) is 23.3. The van der Waals surface area contributed by atoms with Gasteiger partial charge < -0.3 is 14.6 Å². The summed E-state index contributed by atoms with van der Waals surface area (Å²) in [6.45, 7) is 5.71. The Hall–Kier alpha value is -2.63. The van der Waals surface area contributed by atoms with E-state index in [1.165, 1.54) is 17.6 Å². The Morgan fingerprint density at radius 2 is 1.97 bits per heavy atom. The Labute approximate surface area is 225 Å². The number of aromatic amines is 1. The van der Waals surface area contributed by atoms with E-state index >= 15 is 0 Å². The predicted molar refractivity (Wildman–Crippen MR) is 150 cm³/mol. The van der Waals surface area contributed by atoms with Crippen LogP contribution in [0.4, 0.5) is 0 Å². The zero-order valence-corrected chi connectivity index (χ0v) is 22.9. The van der Waals surface area contributed by atoms with Gasteiger partial charge in [0.25, 0.3) is 0 Å². The molecule has 0 radical (unpaired) electrons. The number of ether oxygens (including phenoxy) is 1. The molecule has 1 N–H and O–H groups in total. The van der Waals surface area contributed by atoms with Crippen LogP contribution >= 0.6 is 11.6 Å². The van der Waals surface area contributed by atoms with E-state index in [2.05, 4.69) is 58.3 Å². The molecule has 3 unspecified atom stereocenters. The fourth-order valence-electron chi connectivity index (χ4n) is 6.08. The van der Waals surface area contributed by atoms with Gasteiger partial charge in [0.1, 0.15) is 16.9 Å². The van der Waals surface area contributed by atoms with Crippen molar-refractivity contribution in [1.29, 1.82) is 0 Å². The average molecular weight is 520 g/mol. The molecule has 0 saturated heterocycles. The molecule has 5 nitrogen and oxygen atoms in total. The highest BCUT2D eigenvalue weighted by Crippen LogP contribution is 2.53. The second-order valence-electron chi connectivity index (χ2n) is 11.2. The summed E-state index contributed by atoms with van der Waals surface area (Å²) in [5, 5.41) is 0.685. The number of para-hydroxylation sites is 1. The van der Waals surface area contributed by atoms with Gasteiger partial charge in [-0.25, -0.2) is 4.98 Å². The third-order valence-electron chi connectivity index (χ3n) is 8.18. The molecule has 6 heteroatoms. The molecule has 0 amide bonds. The lowest BCUT2D eigenvalue weighted by molar-refractivity contribution is -0.176. The molecule has 3 atom stereocenters. The van der Waals surface area contributed by atoms with E-state index in [1.54, 1.807) is 0 Å². The third-order valence-corrected chi connectivity index (χ3v) is 8.48. The molecule has 2 bridgehead atoms. The number of H-pyrrole nitrogens is 1. The van der Waals surface area contributed by atoms with Crippen LogP contribution < -0.4 is 0 Å². The van der Waals surface area contributed by atoms with Crippen LogP contribution in [0.2, 0.25) is 5.02 Å². The predicted octanol–water partition coefficient (Wildman–Crippen LogP) is 6.92. The minimum absolute atomic E-state index is 0.0755. The number of imidazole rings is 1. The molecule has 1 heterocycles. The lowest BCUT2D eigenvalue weighted by Gasteiger charge is -2.50. The fourth-order valence-corrected chi connectivity index (χ4v) is 6.30. The first-order valence-electron chi connectivity index (χ1n) is 13.7. The van der Waals surface area contributed by atoms with Gasteiger partial charge in [-0.15, -0.1) is 0 Å². The summed E-state index contributed by atoms with van der Waals surface area (Å²) in [5.74, 6) is 1.49. The van der Waals surface area contributed by atoms with Crippen LogP contribution in [-0.2, 0) is 16.0 Å². The van der Waals surface area contributed by atoms with Gasteiger partial charge in [-0.2, -0.15) is 0 Å².